The Morgan fingerprint density at radius 3 is 1.39 bits per heavy atom. The molecule has 0 aliphatic rings. The van der Waals surface area contributed by atoms with E-state index in [1.54, 1.807) is 0 Å². The van der Waals surface area contributed by atoms with Crippen LogP contribution in [0.4, 0.5) is 0 Å². The van der Waals surface area contributed by atoms with E-state index in [1.807, 2.05) is 27.7 Å². The van der Waals surface area contributed by atoms with Gasteiger partial charge in [-0.15, -0.1) is 0 Å². The lowest BCUT2D eigenvalue weighted by Crippen LogP contribution is -2.42. The molecule has 0 saturated carbocycles. The summed E-state index contributed by atoms with van der Waals surface area (Å²) >= 11 is 0. The topological polar surface area (TPSA) is 36.9 Å². The van der Waals surface area contributed by atoms with Crippen LogP contribution in [-0.4, -0.2) is 17.0 Å². The zero-order chi connectivity index (χ0) is 18.0. The van der Waals surface area contributed by atoms with Gasteiger partial charge in [-0.3, -0.25) is 0 Å². The molecule has 0 bridgehead atoms. The Bertz CT molecular complexity index is 280. The SMILES string of the molecule is CCCCCC(CCC)(OOC(C)(C)CC)OOC(C)(C)CC. The summed E-state index contributed by atoms with van der Waals surface area (Å²) in [7, 11) is 0. The Kier molecular flexibility index (Phi) is 10.6. The Morgan fingerprint density at radius 1 is 0.565 bits per heavy atom. The fourth-order valence-corrected chi connectivity index (χ4v) is 1.83. The lowest BCUT2D eigenvalue weighted by Gasteiger charge is -2.36. The highest BCUT2D eigenvalue weighted by atomic mass is 17.3. The Morgan fingerprint density at radius 2 is 1.04 bits per heavy atom. The number of rotatable bonds is 14. The summed E-state index contributed by atoms with van der Waals surface area (Å²) < 4.78 is 0. The predicted molar refractivity (Wildman–Crippen MR) is 94.9 cm³/mol. The van der Waals surface area contributed by atoms with Crippen LogP contribution >= 0.6 is 0 Å². The molecule has 4 heteroatoms. The van der Waals surface area contributed by atoms with Gasteiger partial charge in [0.1, 0.15) is 0 Å². The van der Waals surface area contributed by atoms with Crippen LogP contribution in [0, 0.1) is 0 Å². The average molecular weight is 333 g/mol. The van der Waals surface area contributed by atoms with E-state index in [4.69, 9.17) is 19.6 Å². The normalized spacial score (nSPS) is 13.6. The second kappa shape index (κ2) is 10.7. The molecule has 23 heavy (non-hydrogen) atoms. The highest BCUT2D eigenvalue weighted by molar-refractivity contribution is 4.70. The molecule has 0 aromatic heterocycles. The third kappa shape index (κ3) is 9.65. The molecule has 0 heterocycles. The molecule has 0 unspecified atom stereocenters. The second-order valence-corrected chi connectivity index (χ2v) is 7.68. The smallest absolute Gasteiger partial charge is 0.228 e. The zero-order valence-electron chi connectivity index (χ0n) is 16.8. The highest BCUT2D eigenvalue weighted by Crippen LogP contribution is 2.32. The molecule has 0 aliphatic carbocycles. The molecule has 0 rings (SSSR count). The van der Waals surface area contributed by atoms with Gasteiger partial charge in [0, 0.05) is 12.8 Å². The van der Waals surface area contributed by atoms with Crippen molar-refractivity contribution >= 4 is 0 Å². The molecular weight excluding hydrogens is 292 g/mol. The maximum absolute atomic E-state index is 5.87. The van der Waals surface area contributed by atoms with E-state index in [1.165, 1.54) is 0 Å². The first-order chi connectivity index (χ1) is 10.7. The van der Waals surface area contributed by atoms with Gasteiger partial charge in [-0.2, -0.15) is 9.78 Å². The van der Waals surface area contributed by atoms with E-state index in [0.29, 0.717) is 0 Å². The molecule has 0 fully saturated rings. The van der Waals surface area contributed by atoms with E-state index >= 15 is 0 Å². The van der Waals surface area contributed by atoms with Crippen LogP contribution in [0.1, 0.15) is 107 Å². The molecule has 140 valence electrons. The van der Waals surface area contributed by atoms with Crippen molar-refractivity contribution in [1.82, 2.24) is 0 Å². The van der Waals surface area contributed by atoms with Gasteiger partial charge in [0.2, 0.25) is 5.79 Å². The van der Waals surface area contributed by atoms with Gasteiger partial charge in [0.05, 0.1) is 11.2 Å². The van der Waals surface area contributed by atoms with Crippen LogP contribution in [0.25, 0.3) is 0 Å². The molecule has 0 aliphatic heterocycles. The van der Waals surface area contributed by atoms with Crippen LogP contribution in [0.5, 0.6) is 0 Å². The second-order valence-electron chi connectivity index (χ2n) is 7.68. The predicted octanol–water partition coefficient (Wildman–Crippen LogP) is 6.34. The monoisotopic (exact) mass is 332 g/mol. The first-order valence-corrected chi connectivity index (χ1v) is 9.39. The van der Waals surface area contributed by atoms with Crippen molar-refractivity contribution in [3.63, 3.8) is 0 Å². The highest BCUT2D eigenvalue weighted by Gasteiger charge is 2.38. The van der Waals surface area contributed by atoms with Crippen LogP contribution in [0.2, 0.25) is 0 Å². The lowest BCUT2D eigenvalue weighted by atomic mass is 10.0. The van der Waals surface area contributed by atoms with Crippen molar-refractivity contribution < 1.29 is 19.6 Å². The largest absolute Gasteiger partial charge is 0.234 e. The molecule has 0 N–H and O–H groups in total. The summed E-state index contributed by atoms with van der Waals surface area (Å²) in [6, 6.07) is 0. The Hall–Kier alpha value is -0.160. The summed E-state index contributed by atoms with van der Waals surface area (Å²) in [4.78, 5) is 23.2. The quantitative estimate of drug-likeness (QED) is 0.161. The molecular formula is C19H40O4. The first kappa shape index (κ1) is 22.8. The fraction of sp³-hybridized carbons (Fsp3) is 1.00. The van der Waals surface area contributed by atoms with Crippen molar-refractivity contribution in [2.24, 2.45) is 0 Å². The van der Waals surface area contributed by atoms with E-state index in [-0.39, 0.29) is 11.2 Å². The Labute approximate surface area is 144 Å². The van der Waals surface area contributed by atoms with Crippen molar-refractivity contribution in [2.75, 3.05) is 0 Å². The van der Waals surface area contributed by atoms with Gasteiger partial charge in [-0.05, 0) is 47.0 Å². The van der Waals surface area contributed by atoms with Gasteiger partial charge < -0.3 is 0 Å². The van der Waals surface area contributed by atoms with E-state index in [0.717, 1.165) is 51.4 Å². The molecule has 0 aromatic carbocycles. The summed E-state index contributed by atoms with van der Waals surface area (Å²) in [5.74, 6) is -0.831. The summed E-state index contributed by atoms with van der Waals surface area (Å²) in [6.07, 6.45) is 7.53. The molecule has 0 saturated heterocycles. The van der Waals surface area contributed by atoms with Gasteiger partial charge in [-0.1, -0.05) is 47.0 Å². The molecule has 0 amide bonds. The standard InChI is InChI=1S/C19H40O4/c1-9-13-14-16-19(15-10-2,22-20-17(5,6)11-3)23-21-18(7,8)12-4/h9-16H2,1-8H3. The van der Waals surface area contributed by atoms with Crippen LogP contribution in [-0.2, 0) is 19.6 Å². The average Bonchev–Trinajstić information content (AvgIpc) is 2.51. The number of hydrogen-bond acceptors (Lipinski definition) is 4. The van der Waals surface area contributed by atoms with Gasteiger partial charge in [-0.25, -0.2) is 9.78 Å². The van der Waals surface area contributed by atoms with Crippen LogP contribution < -0.4 is 0 Å². The molecule has 0 atom stereocenters. The van der Waals surface area contributed by atoms with E-state index in [9.17, 15) is 0 Å². The van der Waals surface area contributed by atoms with Crippen molar-refractivity contribution in [3.8, 4) is 0 Å². The zero-order valence-corrected chi connectivity index (χ0v) is 16.8. The van der Waals surface area contributed by atoms with Crippen molar-refractivity contribution in [3.05, 3.63) is 0 Å². The van der Waals surface area contributed by atoms with Gasteiger partial charge in [0.15, 0.2) is 0 Å². The van der Waals surface area contributed by atoms with Crippen molar-refractivity contribution in [1.29, 1.82) is 0 Å². The third-order valence-electron chi connectivity index (χ3n) is 4.33. The van der Waals surface area contributed by atoms with E-state index in [2.05, 4.69) is 27.7 Å². The van der Waals surface area contributed by atoms with Crippen LogP contribution in [0.15, 0.2) is 0 Å². The maximum Gasteiger partial charge on any atom is 0.234 e. The lowest BCUT2D eigenvalue weighted by molar-refractivity contribution is -0.546. The maximum atomic E-state index is 5.87. The molecule has 0 aromatic rings. The first-order valence-electron chi connectivity index (χ1n) is 9.39. The minimum absolute atomic E-state index is 0.340. The van der Waals surface area contributed by atoms with Crippen molar-refractivity contribution in [2.45, 2.75) is 124 Å². The summed E-state index contributed by atoms with van der Waals surface area (Å²) in [5.41, 5.74) is -0.680. The molecule has 0 spiro atoms. The minimum atomic E-state index is -0.831. The van der Waals surface area contributed by atoms with Crippen LogP contribution in [0.3, 0.4) is 0 Å². The van der Waals surface area contributed by atoms with Gasteiger partial charge >= 0.3 is 0 Å². The third-order valence-corrected chi connectivity index (χ3v) is 4.33. The number of hydrogen-bond donors (Lipinski definition) is 0. The van der Waals surface area contributed by atoms with E-state index < -0.39 is 5.79 Å². The Balaban J connectivity index is 5.00. The molecule has 0 radical (unpaired) electrons. The summed E-state index contributed by atoms with van der Waals surface area (Å²) in [6.45, 7) is 16.6. The molecule has 4 nitrogen and oxygen atoms in total. The van der Waals surface area contributed by atoms with Gasteiger partial charge in [0.25, 0.3) is 0 Å². The summed E-state index contributed by atoms with van der Waals surface area (Å²) in [5, 5.41) is 0. The minimum Gasteiger partial charge on any atom is -0.228 e. The number of unbranched alkanes of at least 4 members (excludes halogenated alkanes) is 2. The fourth-order valence-electron chi connectivity index (χ4n) is 1.83.